The first kappa shape index (κ1) is 61.2. The number of carbonyl (C=O) groups is 1. The number of aliphatic hydroxyl groups is 2. The number of carbonyl (C=O) groups excluding carboxylic acids is 1. The first-order valence-corrected chi connectivity index (χ1v) is 25.0. The van der Waals surface area contributed by atoms with E-state index in [1.165, 1.54) is 96.0 Å². The molecule has 0 aliphatic carbocycles. The summed E-state index contributed by atoms with van der Waals surface area (Å²) in [4.78, 5) is 53.5. The van der Waals surface area contributed by atoms with Crippen molar-refractivity contribution in [2.45, 2.75) is 199 Å². The minimum absolute atomic E-state index is 0. The number of unbranched alkanes of at least 4 members (excludes halogenated alkanes) is 21. The van der Waals surface area contributed by atoms with Gasteiger partial charge in [0.1, 0.15) is 30.2 Å². The van der Waals surface area contributed by atoms with Crippen molar-refractivity contribution in [3.8, 4) is 0 Å². The molecule has 0 aromatic carbocycles. The molecule has 0 spiro atoms. The van der Waals surface area contributed by atoms with Crippen LogP contribution in [0.2, 0.25) is 0 Å². The molecule has 2 heterocycles. The van der Waals surface area contributed by atoms with Gasteiger partial charge < -0.3 is 49.0 Å². The molecule has 61 heavy (non-hydrogen) atoms. The zero-order valence-electron chi connectivity index (χ0n) is 37.5. The van der Waals surface area contributed by atoms with Crippen molar-refractivity contribution in [2.75, 3.05) is 32.2 Å². The van der Waals surface area contributed by atoms with Gasteiger partial charge in [0.15, 0.2) is 6.23 Å². The van der Waals surface area contributed by atoms with E-state index in [1.807, 2.05) is 0 Å². The molecule has 17 nitrogen and oxygen atoms in total. The van der Waals surface area contributed by atoms with Crippen molar-refractivity contribution in [2.24, 2.45) is 0 Å². The standard InChI is InChI=1S/C40H75N3O14P2.2Na/c1-3-5-7-9-11-13-15-17-19-21-23-25-29-52-30-33(55-36(44)26-24-22-20-18-16-14-12-10-8-6-4-2)31-53-58(48,49)57-59(50,51)54-32-34-37(45)38(46)39(56-34)43-28-27-35(41)42-40(43)47;;/h27-28,33-34,37-39,45-46H,3-26,29-32H2,1-2H3,(H,48,49)(H,50,51)(H2,41,42,47);;/q;2*+1/p-2. The SMILES string of the molecule is CCCCCCCCCCCCCCOCC(COP(=O)([O-])OP(=O)([O-])OCC1OC(n2ccc(N)nc2=O)C(O)C1O)OC(=O)CCCCCCCCCCCCC.[Na+].[Na+]. The van der Waals surface area contributed by atoms with E-state index in [4.69, 9.17) is 24.5 Å². The van der Waals surface area contributed by atoms with E-state index >= 15 is 0 Å². The Labute approximate surface area is 408 Å². The maximum absolute atomic E-state index is 12.7. The summed E-state index contributed by atoms with van der Waals surface area (Å²) in [5.74, 6) is -0.658. The molecule has 7 unspecified atom stereocenters. The van der Waals surface area contributed by atoms with E-state index in [9.17, 15) is 38.7 Å². The van der Waals surface area contributed by atoms with Crippen LogP contribution >= 0.6 is 15.6 Å². The fourth-order valence-corrected chi connectivity index (χ4v) is 8.81. The van der Waals surface area contributed by atoms with E-state index in [0.29, 0.717) is 13.0 Å². The fourth-order valence-electron chi connectivity index (χ4n) is 6.78. The Morgan fingerprint density at radius 3 is 1.75 bits per heavy atom. The summed E-state index contributed by atoms with van der Waals surface area (Å²) < 4.78 is 56.2. The average Bonchev–Trinajstić information content (AvgIpc) is 3.46. The molecule has 0 radical (unpaired) electrons. The van der Waals surface area contributed by atoms with Gasteiger partial charge in [-0.3, -0.25) is 18.5 Å². The molecule has 0 saturated carbocycles. The van der Waals surface area contributed by atoms with E-state index in [2.05, 4.69) is 27.7 Å². The summed E-state index contributed by atoms with van der Waals surface area (Å²) in [5, 5.41) is 20.8. The van der Waals surface area contributed by atoms with Crippen molar-refractivity contribution in [1.29, 1.82) is 0 Å². The second-order valence-electron chi connectivity index (χ2n) is 15.5. The fraction of sp³-hybridized carbons (Fsp3) is 0.875. The Bertz CT molecular complexity index is 1430. The molecule has 2 rings (SSSR count). The molecular formula is C40H73N3Na2O14P2. The second kappa shape index (κ2) is 36.4. The maximum Gasteiger partial charge on any atom is 1.00 e. The predicted octanol–water partition coefficient (Wildman–Crippen LogP) is 0.770. The third-order valence-electron chi connectivity index (χ3n) is 10.2. The topological polar surface area (TPSA) is 254 Å². The third-order valence-corrected chi connectivity index (χ3v) is 12.7. The molecule has 1 saturated heterocycles. The number of phosphoric acid groups is 2. The molecule has 344 valence electrons. The van der Waals surface area contributed by atoms with E-state index < -0.39 is 71.2 Å². The van der Waals surface area contributed by atoms with Gasteiger partial charge in [-0.05, 0) is 18.9 Å². The van der Waals surface area contributed by atoms with Crippen LogP contribution in [0.1, 0.15) is 174 Å². The first-order valence-electron chi connectivity index (χ1n) is 22.0. The van der Waals surface area contributed by atoms with Crippen molar-refractivity contribution in [3.63, 3.8) is 0 Å². The van der Waals surface area contributed by atoms with Crippen LogP contribution in [-0.2, 0) is 41.5 Å². The number of esters is 1. The maximum atomic E-state index is 12.7. The predicted molar refractivity (Wildman–Crippen MR) is 220 cm³/mol. The summed E-state index contributed by atoms with van der Waals surface area (Å²) in [6, 6.07) is 1.25. The Kier molecular flexibility index (Phi) is 36.5. The summed E-state index contributed by atoms with van der Waals surface area (Å²) in [6.07, 6.45) is 20.0. The van der Waals surface area contributed by atoms with Gasteiger partial charge in [-0.15, -0.1) is 0 Å². The number of aliphatic hydroxyl groups excluding tert-OH is 2. The average molecular weight is 928 g/mol. The molecule has 0 bridgehead atoms. The molecule has 21 heteroatoms. The van der Waals surface area contributed by atoms with Crippen molar-refractivity contribution >= 4 is 27.4 Å². The van der Waals surface area contributed by atoms with Crippen LogP contribution in [0.5, 0.6) is 0 Å². The Morgan fingerprint density at radius 1 is 0.770 bits per heavy atom. The van der Waals surface area contributed by atoms with Crippen LogP contribution in [0.15, 0.2) is 17.1 Å². The summed E-state index contributed by atoms with van der Waals surface area (Å²) in [5.41, 5.74) is 4.57. The molecule has 1 aliphatic heterocycles. The number of phosphoric ester groups is 2. The Balaban J connectivity index is 0.0000180. The van der Waals surface area contributed by atoms with Crippen LogP contribution in [0.25, 0.3) is 0 Å². The van der Waals surface area contributed by atoms with Gasteiger partial charge >= 0.3 is 70.8 Å². The number of rotatable bonds is 37. The van der Waals surface area contributed by atoms with E-state index in [0.717, 1.165) is 62.1 Å². The second-order valence-corrected chi connectivity index (χ2v) is 18.5. The minimum atomic E-state index is -5.66. The van der Waals surface area contributed by atoms with Crippen molar-refractivity contribution < 1.29 is 121 Å². The zero-order valence-corrected chi connectivity index (χ0v) is 43.3. The summed E-state index contributed by atoms with van der Waals surface area (Å²) >= 11 is 0. The largest absolute Gasteiger partial charge is 1.00 e. The van der Waals surface area contributed by atoms with Gasteiger partial charge in [-0.1, -0.05) is 149 Å². The van der Waals surface area contributed by atoms with Gasteiger partial charge in [-0.2, -0.15) is 4.98 Å². The Hall–Kier alpha value is 0.250. The Morgan fingerprint density at radius 2 is 1.25 bits per heavy atom. The number of hydrogen-bond donors (Lipinski definition) is 3. The molecule has 1 fully saturated rings. The monoisotopic (exact) mass is 927 g/mol. The number of hydrogen-bond acceptors (Lipinski definition) is 16. The van der Waals surface area contributed by atoms with Crippen molar-refractivity contribution in [1.82, 2.24) is 9.55 Å². The smallest absolute Gasteiger partial charge is 0.756 e. The molecular weight excluding hydrogens is 854 g/mol. The first-order chi connectivity index (χ1) is 28.3. The molecule has 1 aromatic rings. The molecule has 7 atom stereocenters. The molecule has 1 aromatic heterocycles. The van der Waals surface area contributed by atoms with Gasteiger partial charge in [0.05, 0.1) is 19.8 Å². The number of nitrogen functional groups attached to an aromatic ring is 1. The summed E-state index contributed by atoms with van der Waals surface area (Å²) in [6.45, 7) is 2.84. The van der Waals surface area contributed by atoms with Crippen molar-refractivity contribution in [3.05, 3.63) is 22.7 Å². The molecule has 1 aliphatic rings. The van der Waals surface area contributed by atoms with Gasteiger partial charge in [0.2, 0.25) is 0 Å². The number of nitrogens with two attached hydrogens (primary N) is 1. The quantitative estimate of drug-likeness (QED) is 0.0361. The summed E-state index contributed by atoms with van der Waals surface area (Å²) in [7, 11) is -11.3. The van der Waals surface area contributed by atoms with Crippen LogP contribution < -0.4 is 80.3 Å². The number of ether oxygens (including phenoxy) is 3. The minimum Gasteiger partial charge on any atom is -0.756 e. The number of nitrogens with zero attached hydrogens (tertiary/aromatic N) is 2. The van der Waals surface area contributed by atoms with Gasteiger partial charge in [0.25, 0.3) is 15.6 Å². The van der Waals surface area contributed by atoms with E-state index in [-0.39, 0.29) is 78.0 Å². The zero-order chi connectivity index (χ0) is 43.4. The van der Waals surface area contributed by atoms with Gasteiger partial charge in [0, 0.05) is 19.2 Å². The number of anilines is 1. The van der Waals surface area contributed by atoms with Crippen LogP contribution in [0.4, 0.5) is 5.82 Å². The number of aromatic nitrogens is 2. The van der Waals surface area contributed by atoms with E-state index in [1.54, 1.807) is 0 Å². The molecule has 4 N–H and O–H groups in total. The van der Waals surface area contributed by atoms with Crippen LogP contribution in [0, 0.1) is 0 Å². The van der Waals surface area contributed by atoms with Crippen LogP contribution in [-0.4, -0.2) is 76.6 Å². The van der Waals surface area contributed by atoms with Crippen LogP contribution in [0.3, 0.4) is 0 Å². The third kappa shape index (κ3) is 28.8. The van der Waals surface area contributed by atoms with Gasteiger partial charge in [-0.25, -0.2) is 9.11 Å². The normalized spacial score (nSPS) is 20.0. The molecule has 0 amide bonds.